The minimum Gasteiger partial charge on any atom is -0.316 e. The van der Waals surface area contributed by atoms with E-state index in [-0.39, 0.29) is 5.02 Å². The first-order chi connectivity index (χ1) is 9.30. The van der Waals surface area contributed by atoms with Crippen LogP contribution in [0.3, 0.4) is 0 Å². The van der Waals surface area contributed by atoms with Gasteiger partial charge < -0.3 is 5.32 Å². The summed E-state index contributed by atoms with van der Waals surface area (Å²) in [6.45, 7) is 6.11. The molecule has 0 saturated heterocycles. The fourth-order valence-corrected chi connectivity index (χ4v) is 2.58. The van der Waals surface area contributed by atoms with Crippen LogP contribution >= 0.6 is 23.4 Å². The molecule has 0 bridgehead atoms. The second-order valence-corrected chi connectivity index (χ2v) is 6.30. The third-order valence-electron chi connectivity index (χ3n) is 2.42. The number of aromatic nitrogens is 1. The summed E-state index contributed by atoms with van der Waals surface area (Å²) >= 11 is 7.19. The molecule has 0 saturated carbocycles. The van der Waals surface area contributed by atoms with E-state index in [0.29, 0.717) is 10.9 Å². The van der Waals surface area contributed by atoms with Crippen molar-refractivity contribution in [2.45, 2.75) is 31.5 Å². The molecule has 0 spiro atoms. The Morgan fingerprint density at radius 1 is 1.40 bits per heavy atom. The molecule has 1 aromatic rings. The van der Waals surface area contributed by atoms with Crippen LogP contribution in [-0.2, 0) is 6.18 Å². The summed E-state index contributed by atoms with van der Waals surface area (Å²) in [5.74, 6) is 1.37. The van der Waals surface area contributed by atoms with Gasteiger partial charge in [-0.2, -0.15) is 13.2 Å². The molecule has 0 unspecified atom stereocenters. The maximum Gasteiger partial charge on any atom is 0.417 e. The normalized spacial score (nSPS) is 12.2. The smallest absolute Gasteiger partial charge is 0.316 e. The van der Waals surface area contributed by atoms with E-state index in [2.05, 4.69) is 24.1 Å². The predicted molar refractivity (Wildman–Crippen MR) is 77.3 cm³/mol. The topological polar surface area (TPSA) is 24.9 Å². The van der Waals surface area contributed by atoms with E-state index in [1.165, 1.54) is 11.8 Å². The van der Waals surface area contributed by atoms with Gasteiger partial charge in [0.1, 0.15) is 5.03 Å². The van der Waals surface area contributed by atoms with Crippen LogP contribution in [0.5, 0.6) is 0 Å². The summed E-state index contributed by atoms with van der Waals surface area (Å²) in [6, 6.07) is 0.925. The van der Waals surface area contributed by atoms with Gasteiger partial charge >= 0.3 is 6.18 Å². The van der Waals surface area contributed by atoms with E-state index in [1.54, 1.807) is 0 Å². The lowest BCUT2D eigenvalue weighted by atomic mass is 10.2. The summed E-state index contributed by atoms with van der Waals surface area (Å²) in [7, 11) is 0. The maximum atomic E-state index is 12.4. The van der Waals surface area contributed by atoms with Gasteiger partial charge in [-0.25, -0.2) is 4.98 Å². The van der Waals surface area contributed by atoms with Crippen molar-refractivity contribution < 1.29 is 13.2 Å². The van der Waals surface area contributed by atoms with Crippen LogP contribution in [0.1, 0.15) is 25.8 Å². The van der Waals surface area contributed by atoms with E-state index >= 15 is 0 Å². The molecule has 2 nitrogen and oxygen atoms in total. The van der Waals surface area contributed by atoms with Crippen molar-refractivity contribution in [3.05, 3.63) is 22.8 Å². The zero-order chi connectivity index (χ0) is 15.2. The van der Waals surface area contributed by atoms with Gasteiger partial charge in [0, 0.05) is 11.9 Å². The summed E-state index contributed by atoms with van der Waals surface area (Å²) in [5.41, 5.74) is -0.814. The Labute approximate surface area is 126 Å². The Morgan fingerprint density at radius 3 is 2.65 bits per heavy atom. The Bertz CT molecular complexity index is 425. The number of hydrogen-bond acceptors (Lipinski definition) is 3. The molecule has 0 radical (unpaired) electrons. The highest BCUT2D eigenvalue weighted by Gasteiger charge is 2.31. The maximum absolute atomic E-state index is 12.4. The first-order valence-electron chi connectivity index (χ1n) is 6.37. The van der Waals surface area contributed by atoms with Crippen LogP contribution in [0.2, 0.25) is 5.02 Å². The lowest BCUT2D eigenvalue weighted by Gasteiger charge is -2.09. The lowest BCUT2D eigenvalue weighted by molar-refractivity contribution is -0.137. The minimum atomic E-state index is -4.40. The van der Waals surface area contributed by atoms with Crippen molar-refractivity contribution in [3.63, 3.8) is 0 Å². The molecule has 1 aromatic heterocycles. The number of nitrogens with one attached hydrogen (secondary N) is 1. The molecule has 0 aliphatic heterocycles. The summed E-state index contributed by atoms with van der Waals surface area (Å²) in [4.78, 5) is 3.78. The lowest BCUT2D eigenvalue weighted by Crippen LogP contribution is -2.21. The number of pyridine rings is 1. The Hall–Kier alpha value is -0.460. The second kappa shape index (κ2) is 8.10. The first kappa shape index (κ1) is 17.6. The number of nitrogens with zero attached hydrogens (tertiary/aromatic N) is 1. The molecule has 0 aromatic carbocycles. The number of thioether (sulfide) groups is 1. The molecule has 0 amide bonds. The largest absolute Gasteiger partial charge is 0.417 e. The third kappa shape index (κ3) is 6.33. The van der Waals surface area contributed by atoms with Gasteiger partial charge in [-0.3, -0.25) is 0 Å². The highest BCUT2D eigenvalue weighted by Crippen LogP contribution is 2.33. The molecule has 20 heavy (non-hydrogen) atoms. The van der Waals surface area contributed by atoms with Crippen LogP contribution in [0, 0.1) is 5.92 Å². The zero-order valence-electron chi connectivity index (χ0n) is 11.4. The van der Waals surface area contributed by atoms with Crippen molar-refractivity contribution in [1.82, 2.24) is 10.3 Å². The molecule has 0 aliphatic carbocycles. The molecule has 1 N–H and O–H groups in total. The number of halogens is 4. The third-order valence-corrected chi connectivity index (χ3v) is 3.92. The molecule has 7 heteroatoms. The molecular formula is C13H18ClF3N2S. The molecule has 0 fully saturated rings. The van der Waals surface area contributed by atoms with Crippen molar-refractivity contribution in [2.24, 2.45) is 5.92 Å². The van der Waals surface area contributed by atoms with E-state index in [9.17, 15) is 13.2 Å². The van der Waals surface area contributed by atoms with E-state index in [4.69, 9.17) is 11.6 Å². The quantitative estimate of drug-likeness (QED) is 0.590. The van der Waals surface area contributed by atoms with Gasteiger partial charge in [0.25, 0.3) is 0 Å². The fraction of sp³-hybridized carbons (Fsp3) is 0.615. The van der Waals surface area contributed by atoms with Crippen LogP contribution in [0.15, 0.2) is 17.3 Å². The Balaban J connectivity index is 2.38. The minimum absolute atomic E-state index is 0.0555. The van der Waals surface area contributed by atoms with Crippen molar-refractivity contribution in [3.8, 4) is 0 Å². The van der Waals surface area contributed by atoms with Gasteiger partial charge in [0.15, 0.2) is 0 Å². The van der Waals surface area contributed by atoms with Crippen molar-refractivity contribution in [1.29, 1.82) is 0 Å². The Kier molecular flexibility index (Phi) is 7.12. The molecule has 1 rings (SSSR count). The van der Waals surface area contributed by atoms with Gasteiger partial charge in [-0.05, 0) is 31.5 Å². The van der Waals surface area contributed by atoms with E-state index < -0.39 is 11.7 Å². The summed E-state index contributed by atoms with van der Waals surface area (Å²) < 4.78 is 37.3. The van der Waals surface area contributed by atoms with E-state index in [0.717, 1.165) is 37.5 Å². The SMILES string of the molecule is CC(C)CNCCCSc1ncc(C(F)(F)F)cc1Cl. The molecule has 114 valence electrons. The highest BCUT2D eigenvalue weighted by molar-refractivity contribution is 7.99. The first-order valence-corrected chi connectivity index (χ1v) is 7.73. The number of hydrogen-bond donors (Lipinski definition) is 1. The summed E-state index contributed by atoms with van der Waals surface area (Å²) in [6.07, 6.45) is -2.66. The average Bonchev–Trinajstić information content (AvgIpc) is 2.33. The second-order valence-electron chi connectivity index (χ2n) is 4.81. The number of rotatable bonds is 7. The molecular weight excluding hydrogens is 309 g/mol. The van der Waals surface area contributed by atoms with Gasteiger partial charge in [-0.1, -0.05) is 25.4 Å². The van der Waals surface area contributed by atoms with E-state index in [1.807, 2.05) is 0 Å². The van der Waals surface area contributed by atoms with Crippen molar-refractivity contribution in [2.75, 3.05) is 18.8 Å². The number of alkyl halides is 3. The van der Waals surface area contributed by atoms with Gasteiger partial charge in [-0.15, -0.1) is 11.8 Å². The van der Waals surface area contributed by atoms with Crippen LogP contribution in [-0.4, -0.2) is 23.8 Å². The zero-order valence-corrected chi connectivity index (χ0v) is 13.0. The molecule has 1 heterocycles. The van der Waals surface area contributed by atoms with Crippen molar-refractivity contribution >= 4 is 23.4 Å². The van der Waals surface area contributed by atoms with Gasteiger partial charge in [0.2, 0.25) is 0 Å². The predicted octanol–water partition coefficient (Wildman–Crippen LogP) is 4.48. The van der Waals surface area contributed by atoms with Crippen LogP contribution in [0.4, 0.5) is 13.2 Å². The monoisotopic (exact) mass is 326 g/mol. The highest BCUT2D eigenvalue weighted by atomic mass is 35.5. The fourth-order valence-electron chi connectivity index (χ4n) is 1.44. The summed E-state index contributed by atoms with van der Waals surface area (Å²) in [5, 5.41) is 3.80. The van der Waals surface area contributed by atoms with Crippen LogP contribution < -0.4 is 5.32 Å². The Morgan fingerprint density at radius 2 is 2.10 bits per heavy atom. The van der Waals surface area contributed by atoms with Crippen LogP contribution in [0.25, 0.3) is 0 Å². The van der Waals surface area contributed by atoms with Gasteiger partial charge in [0.05, 0.1) is 10.6 Å². The molecule has 0 atom stereocenters. The molecule has 0 aliphatic rings. The average molecular weight is 327 g/mol. The standard InChI is InChI=1S/C13H18ClF3N2S/c1-9(2)7-18-4-3-5-20-12-11(14)6-10(8-19-12)13(15,16)17/h6,8-9,18H,3-5,7H2,1-2H3.